The number of allylic oxidation sites excluding steroid dienone is 2. The third kappa shape index (κ3) is 4.90. The topological polar surface area (TPSA) is 83.9 Å². The Morgan fingerprint density at radius 1 is 0.818 bits per heavy atom. The number of Topliss-reactive ketones (excluding diaryl/α,β-unsaturated/α-hetero) is 1. The number of likely N-dealkylation sites (tertiary alicyclic amines) is 1. The van der Waals surface area contributed by atoms with Crippen LogP contribution < -0.4 is 0 Å². The first-order valence-corrected chi connectivity index (χ1v) is 16.8. The molecule has 0 bridgehead atoms. The number of benzene rings is 2. The molecular formula is C36H33NO5S2. The quantitative estimate of drug-likeness (QED) is 0.208. The molecule has 1 aliphatic heterocycles. The van der Waals surface area contributed by atoms with Crippen LogP contribution in [0.1, 0.15) is 89.4 Å². The Morgan fingerprint density at radius 2 is 1.39 bits per heavy atom. The van der Waals surface area contributed by atoms with E-state index in [1.165, 1.54) is 44.9 Å². The monoisotopic (exact) mass is 623 g/mol. The Labute approximate surface area is 264 Å². The van der Waals surface area contributed by atoms with E-state index in [9.17, 15) is 19.5 Å². The number of hydrogen-bond acceptors (Lipinski definition) is 6. The summed E-state index contributed by atoms with van der Waals surface area (Å²) in [6.45, 7) is 4.75. The van der Waals surface area contributed by atoms with Gasteiger partial charge in [-0.15, -0.1) is 22.7 Å². The van der Waals surface area contributed by atoms with E-state index in [1.807, 2.05) is 44.2 Å². The summed E-state index contributed by atoms with van der Waals surface area (Å²) in [5.41, 5.74) is 9.15. The Bertz CT molecular complexity index is 1800. The van der Waals surface area contributed by atoms with Crippen LogP contribution in [0.15, 0.2) is 60.7 Å². The van der Waals surface area contributed by atoms with Crippen LogP contribution in [-0.2, 0) is 4.74 Å². The molecule has 4 aromatic rings. The molecule has 1 amide bonds. The van der Waals surface area contributed by atoms with Gasteiger partial charge in [-0.25, -0.2) is 9.59 Å². The highest BCUT2D eigenvalue weighted by molar-refractivity contribution is 7.14. The lowest BCUT2D eigenvalue weighted by atomic mass is 9.97. The van der Waals surface area contributed by atoms with Crippen molar-refractivity contribution in [3.63, 3.8) is 0 Å². The minimum atomic E-state index is -0.901. The number of rotatable bonds is 7. The Balaban J connectivity index is 1.09. The molecule has 1 fully saturated rings. The van der Waals surface area contributed by atoms with E-state index >= 15 is 0 Å². The maximum Gasteiger partial charge on any atom is 0.410 e. The molecule has 3 aliphatic rings. The van der Waals surface area contributed by atoms with E-state index in [-0.39, 0.29) is 18.3 Å². The van der Waals surface area contributed by atoms with Crippen molar-refractivity contribution in [2.75, 3.05) is 13.2 Å². The van der Waals surface area contributed by atoms with E-state index in [2.05, 4.69) is 24.3 Å². The zero-order chi connectivity index (χ0) is 30.5. The van der Waals surface area contributed by atoms with Gasteiger partial charge in [0, 0.05) is 22.2 Å². The number of amides is 1. The average Bonchev–Trinajstić information content (AvgIpc) is 3.85. The second kappa shape index (κ2) is 11.5. The molecule has 2 aliphatic carbocycles. The minimum absolute atomic E-state index is 0.0297. The van der Waals surface area contributed by atoms with Crippen LogP contribution in [0.2, 0.25) is 0 Å². The number of aryl methyl sites for hydroxylation is 2. The summed E-state index contributed by atoms with van der Waals surface area (Å²) in [7, 11) is 0. The van der Waals surface area contributed by atoms with Crippen LogP contribution in [0.25, 0.3) is 22.3 Å². The van der Waals surface area contributed by atoms with E-state index < -0.39 is 18.1 Å². The maximum absolute atomic E-state index is 13.9. The molecule has 0 saturated carbocycles. The Hall–Kier alpha value is -4.01. The van der Waals surface area contributed by atoms with Gasteiger partial charge < -0.3 is 9.84 Å². The molecule has 0 spiro atoms. The van der Waals surface area contributed by atoms with Crippen LogP contribution in [0.4, 0.5) is 4.79 Å². The number of carbonyl (C=O) groups excluding carboxylic acids is 2. The van der Waals surface area contributed by atoms with Crippen molar-refractivity contribution in [1.82, 2.24) is 4.90 Å². The largest absolute Gasteiger partial charge is 0.477 e. The van der Waals surface area contributed by atoms with Gasteiger partial charge in [-0.2, -0.15) is 0 Å². The van der Waals surface area contributed by atoms with Gasteiger partial charge in [0.2, 0.25) is 0 Å². The Kier molecular flexibility index (Phi) is 7.50. The highest BCUT2D eigenvalue weighted by Gasteiger charge is 2.38. The molecular weight excluding hydrogens is 591 g/mol. The second-order valence-electron chi connectivity index (χ2n) is 11.8. The van der Waals surface area contributed by atoms with E-state index in [0.29, 0.717) is 22.7 Å². The fourth-order valence-corrected chi connectivity index (χ4v) is 9.15. The molecule has 8 heteroatoms. The summed E-state index contributed by atoms with van der Waals surface area (Å²) < 4.78 is 5.93. The highest BCUT2D eigenvalue weighted by Crippen LogP contribution is 2.46. The zero-order valence-corrected chi connectivity index (χ0v) is 26.4. The molecule has 3 heterocycles. The van der Waals surface area contributed by atoms with E-state index in [0.717, 1.165) is 57.7 Å². The van der Waals surface area contributed by atoms with Crippen molar-refractivity contribution in [3.8, 4) is 11.1 Å². The summed E-state index contributed by atoms with van der Waals surface area (Å²) >= 11 is 2.80. The third-order valence-corrected chi connectivity index (χ3v) is 11.4. The number of ketones is 1. The van der Waals surface area contributed by atoms with Crippen LogP contribution in [0, 0.1) is 13.8 Å². The second-order valence-corrected chi connectivity index (χ2v) is 14.3. The van der Waals surface area contributed by atoms with E-state index in [1.54, 1.807) is 11.0 Å². The van der Waals surface area contributed by atoms with Crippen LogP contribution >= 0.6 is 22.7 Å². The first-order valence-electron chi connectivity index (χ1n) is 15.1. The molecule has 1 N–H and O–H groups in total. The SMILES string of the molecule is Cc1sc(C(=O)O)cc1C1=C(c2cc(C(=O)[C@H]3CCCN3C(=O)OCC3c4ccccc4-c4ccccc43)sc2C)CCC1. The molecule has 2 aromatic carbocycles. The number of fused-ring (bicyclic) bond motifs is 3. The number of carboxylic acid groups (broad SMARTS) is 1. The van der Waals surface area contributed by atoms with Gasteiger partial charge in [0.05, 0.1) is 10.9 Å². The standard InChI is InChI=1S/C36H33NO5S2/c1-20-28(24-13-7-14-25(24)29-18-33(35(39)40)44-21(29)2)17-32(43-20)34(38)31-15-8-16-37(31)36(41)42-19-30-26-11-5-3-9-22(26)23-10-4-6-12-27(23)30/h3-6,9-12,17-18,30-31H,7-8,13-16,19H2,1-2H3,(H,39,40)/t31-/m1/s1. The maximum atomic E-state index is 13.9. The first-order chi connectivity index (χ1) is 21.3. The van der Waals surface area contributed by atoms with Crippen LogP contribution in [0.5, 0.6) is 0 Å². The van der Waals surface area contributed by atoms with Crippen molar-refractivity contribution < 1.29 is 24.2 Å². The number of thiophene rings is 2. The molecule has 1 saturated heterocycles. The van der Waals surface area contributed by atoms with Gasteiger partial charge in [0.15, 0.2) is 5.78 Å². The Morgan fingerprint density at radius 3 is 1.98 bits per heavy atom. The molecule has 44 heavy (non-hydrogen) atoms. The van der Waals surface area contributed by atoms with Crippen molar-refractivity contribution in [3.05, 3.63) is 102 Å². The van der Waals surface area contributed by atoms with Crippen LogP contribution in [0.3, 0.4) is 0 Å². The smallest absolute Gasteiger partial charge is 0.410 e. The number of carbonyl (C=O) groups is 3. The zero-order valence-electron chi connectivity index (χ0n) is 24.7. The van der Waals surface area contributed by atoms with Gasteiger partial charge in [-0.05, 0) is 103 Å². The average molecular weight is 624 g/mol. The molecule has 0 radical (unpaired) electrons. The molecule has 7 rings (SSSR count). The molecule has 0 unspecified atom stereocenters. The summed E-state index contributed by atoms with van der Waals surface area (Å²) in [5.74, 6) is -0.963. The third-order valence-electron chi connectivity index (χ3n) is 9.28. The van der Waals surface area contributed by atoms with Gasteiger partial charge in [-0.3, -0.25) is 9.69 Å². The number of nitrogens with zero attached hydrogens (tertiary/aromatic N) is 1. The first kappa shape index (κ1) is 28.7. The van der Waals surface area contributed by atoms with Crippen molar-refractivity contribution in [1.29, 1.82) is 0 Å². The number of ether oxygens (including phenoxy) is 1. The summed E-state index contributed by atoms with van der Waals surface area (Å²) in [4.78, 5) is 43.6. The van der Waals surface area contributed by atoms with E-state index in [4.69, 9.17) is 4.74 Å². The number of carboxylic acids is 1. The molecule has 6 nitrogen and oxygen atoms in total. The summed E-state index contributed by atoms with van der Waals surface area (Å²) in [6, 6.07) is 19.8. The lowest BCUT2D eigenvalue weighted by Crippen LogP contribution is -2.41. The normalized spacial score (nSPS) is 17.7. The molecule has 224 valence electrons. The minimum Gasteiger partial charge on any atom is -0.477 e. The lowest BCUT2D eigenvalue weighted by Gasteiger charge is -2.24. The molecule has 2 aromatic heterocycles. The number of hydrogen-bond donors (Lipinski definition) is 1. The lowest BCUT2D eigenvalue weighted by molar-refractivity contribution is 0.0701. The fourth-order valence-electron chi connectivity index (χ4n) is 7.23. The van der Waals surface area contributed by atoms with Crippen molar-refractivity contribution in [2.45, 2.75) is 57.9 Å². The summed E-state index contributed by atoms with van der Waals surface area (Å²) in [5, 5.41) is 9.51. The van der Waals surface area contributed by atoms with Gasteiger partial charge in [0.1, 0.15) is 11.5 Å². The van der Waals surface area contributed by atoms with Crippen molar-refractivity contribution in [2.24, 2.45) is 0 Å². The predicted octanol–water partition coefficient (Wildman–Crippen LogP) is 8.82. The predicted molar refractivity (Wildman–Crippen MR) is 175 cm³/mol. The molecule has 1 atom stereocenters. The van der Waals surface area contributed by atoms with Gasteiger partial charge in [-0.1, -0.05) is 48.5 Å². The number of aromatic carboxylic acids is 1. The fraction of sp³-hybridized carbons (Fsp3) is 0.306. The van der Waals surface area contributed by atoms with Gasteiger partial charge in [0.25, 0.3) is 0 Å². The highest BCUT2D eigenvalue weighted by atomic mass is 32.1. The summed E-state index contributed by atoms with van der Waals surface area (Å²) in [6.07, 6.45) is 3.74. The van der Waals surface area contributed by atoms with Gasteiger partial charge >= 0.3 is 12.1 Å². The van der Waals surface area contributed by atoms with Crippen molar-refractivity contribution >= 4 is 51.7 Å². The van der Waals surface area contributed by atoms with Crippen LogP contribution in [-0.4, -0.2) is 47.0 Å².